The van der Waals surface area contributed by atoms with Crippen LogP contribution in [-0.4, -0.2) is 19.6 Å². The highest BCUT2D eigenvalue weighted by molar-refractivity contribution is 5.59. The van der Waals surface area contributed by atoms with Gasteiger partial charge in [-0.05, 0) is 12.1 Å². The second-order valence-corrected chi connectivity index (χ2v) is 6.04. The zero-order chi connectivity index (χ0) is 17.9. The molecule has 0 saturated carbocycles. The summed E-state index contributed by atoms with van der Waals surface area (Å²) in [6.45, 7) is 0.714. The molecule has 130 valence electrons. The van der Waals surface area contributed by atoms with E-state index in [0.717, 1.165) is 11.1 Å². The zero-order valence-electron chi connectivity index (χ0n) is 13.9. The molecule has 2 aromatic carbocycles. The van der Waals surface area contributed by atoms with Gasteiger partial charge in [-0.2, -0.15) is 10.2 Å². The fourth-order valence-corrected chi connectivity index (χ4v) is 2.80. The van der Waals surface area contributed by atoms with Crippen molar-refractivity contribution in [1.29, 1.82) is 0 Å². The van der Waals surface area contributed by atoms with Crippen molar-refractivity contribution < 1.29 is 8.78 Å². The van der Waals surface area contributed by atoms with Gasteiger partial charge in [-0.25, -0.2) is 8.78 Å². The number of rotatable bonds is 5. The molecule has 0 N–H and O–H groups in total. The number of aromatic nitrogens is 4. The van der Waals surface area contributed by atoms with Gasteiger partial charge in [-0.15, -0.1) is 0 Å². The Morgan fingerprint density at radius 2 is 1.08 bits per heavy atom. The minimum Gasteiger partial charge on any atom is -0.268 e. The van der Waals surface area contributed by atoms with E-state index in [1.165, 1.54) is 12.1 Å². The molecule has 4 nitrogen and oxygen atoms in total. The molecule has 0 spiro atoms. The number of hydrogen-bond acceptors (Lipinski definition) is 2. The normalized spacial score (nSPS) is 11.0. The summed E-state index contributed by atoms with van der Waals surface area (Å²) >= 11 is 0. The first-order valence-electron chi connectivity index (χ1n) is 8.21. The van der Waals surface area contributed by atoms with Crippen molar-refractivity contribution in [1.82, 2.24) is 19.6 Å². The van der Waals surface area contributed by atoms with Crippen LogP contribution in [0.1, 0.15) is 11.1 Å². The van der Waals surface area contributed by atoms with Crippen LogP contribution in [0, 0.1) is 11.6 Å². The number of nitrogens with zero attached hydrogens (tertiary/aromatic N) is 4. The number of benzene rings is 2. The van der Waals surface area contributed by atoms with Crippen LogP contribution in [0.5, 0.6) is 0 Å². The van der Waals surface area contributed by atoms with Crippen molar-refractivity contribution in [3.05, 3.63) is 96.1 Å². The van der Waals surface area contributed by atoms with E-state index in [0.29, 0.717) is 24.2 Å². The van der Waals surface area contributed by atoms with Crippen molar-refractivity contribution in [3.63, 3.8) is 0 Å². The Balaban J connectivity index is 1.51. The molecule has 0 aliphatic carbocycles. The smallest absolute Gasteiger partial charge is 0.128 e. The van der Waals surface area contributed by atoms with E-state index in [9.17, 15) is 8.78 Å². The van der Waals surface area contributed by atoms with Gasteiger partial charge in [-0.3, -0.25) is 9.36 Å². The van der Waals surface area contributed by atoms with Gasteiger partial charge in [-0.1, -0.05) is 36.4 Å². The molecule has 0 amide bonds. The summed E-state index contributed by atoms with van der Waals surface area (Å²) in [4.78, 5) is 0. The van der Waals surface area contributed by atoms with Crippen LogP contribution in [0.3, 0.4) is 0 Å². The molecule has 0 radical (unpaired) electrons. The van der Waals surface area contributed by atoms with Gasteiger partial charge in [0.2, 0.25) is 0 Å². The highest BCUT2D eigenvalue weighted by Crippen LogP contribution is 2.19. The molecule has 0 aliphatic rings. The molecule has 0 atom stereocenters. The lowest BCUT2D eigenvalue weighted by atomic mass is 10.2. The van der Waals surface area contributed by atoms with E-state index in [4.69, 9.17) is 0 Å². The molecule has 2 aromatic heterocycles. The van der Waals surface area contributed by atoms with Gasteiger partial charge < -0.3 is 0 Å². The maximum Gasteiger partial charge on any atom is 0.128 e. The molecule has 6 heteroatoms. The lowest BCUT2D eigenvalue weighted by Crippen LogP contribution is -2.02. The fraction of sp³-hybridized carbons (Fsp3) is 0.100. The van der Waals surface area contributed by atoms with Gasteiger partial charge in [0.1, 0.15) is 11.6 Å². The fourth-order valence-electron chi connectivity index (χ4n) is 2.80. The van der Waals surface area contributed by atoms with Crippen LogP contribution in [-0.2, 0) is 13.1 Å². The maximum absolute atomic E-state index is 13.8. The zero-order valence-corrected chi connectivity index (χ0v) is 13.9. The summed E-state index contributed by atoms with van der Waals surface area (Å²) in [6, 6.07) is 13.3. The molecule has 4 aromatic rings. The summed E-state index contributed by atoms with van der Waals surface area (Å²) in [6.07, 6.45) is 7.12. The maximum atomic E-state index is 13.8. The second kappa shape index (κ2) is 6.92. The monoisotopic (exact) mass is 350 g/mol. The van der Waals surface area contributed by atoms with E-state index < -0.39 is 0 Å². The van der Waals surface area contributed by atoms with Crippen LogP contribution in [0.25, 0.3) is 11.1 Å². The summed E-state index contributed by atoms with van der Waals surface area (Å²) in [5.74, 6) is -0.496. The SMILES string of the molecule is Fc1ccccc1Cn1cc(-c2cnn(Cc3ccccc3F)c2)cn1. The average Bonchev–Trinajstić information content (AvgIpc) is 3.28. The Bertz CT molecular complexity index is 952. The Kier molecular flexibility index (Phi) is 4.31. The van der Waals surface area contributed by atoms with E-state index in [1.54, 1.807) is 58.2 Å². The Labute approximate surface area is 149 Å². The molecular weight excluding hydrogens is 334 g/mol. The van der Waals surface area contributed by atoms with Gasteiger partial charge in [0.15, 0.2) is 0 Å². The molecule has 0 unspecified atom stereocenters. The quantitative estimate of drug-likeness (QED) is 0.543. The second-order valence-electron chi connectivity index (χ2n) is 6.04. The van der Waals surface area contributed by atoms with Crippen molar-refractivity contribution in [3.8, 4) is 11.1 Å². The van der Waals surface area contributed by atoms with Crippen molar-refractivity contribution in [2.45, 2.75) is 13.1 Å². The third kappa shape index (κ3) is 3.39. The predicted octanol–water partition coefficient (Wildman–Crippen LogP) is 4.12. The Hall–Kier alpha value is -3.28. The third-order valence-electron chi connectivity index (χ3n) is 4.18. The number of halogens is 2. The minimum absolute atomic E-state index is 0.248. The Morgan fingerprint density at radius 3 is 1.50 bits per heavy atom. The van der Waals surface area contributed by atoms with Crippen LogP contribution in [0.4, 0.5) is 8.78 Å². The van der Waals surface area contributed by atoms with Gasteiger partial charge >= 0.3 is 0 Å². The number of hydrogen-bond donors (Lipinski definition) is 0. The average molecular weight is 350 g/mol. The van der Waals surface area contributed by atoms with Gasteiger partial charge in [0, 0.05) is 34.6 Å². The summed E-state index contributed by atoms with van der Waals surface area (Å²) in [5, 5.41) is 8.58. The van der Waals surface area contributed by atoms with E-state index in [-0.39, 0.29) is 11.6 Å². The molecule has 4 rings (SSSR count). The van der Waals surface area contributed by atoms with Crippen LogP contribution >= 0.6 is 0 Å². The molecular formula is C20H16F2N4. The van der Waals surface area contributed by atoms with Crippen LogP contribution in [0.15, 0.2) is 73.3 Å². The summed E-state index contributed by atoms with van der Waals surface area (Å²) in [5.41, 5.74) is 2.91. The highest BCUT2D eigenvalue weighted by Gasteiger charge is 2.08. The molecule has 0 aliphatic heterocycles. The van der Waals surface area contributed by atoms with Gasteiger partial charge in [0.25, 0.3) is 0 Å². The standard InChI is InChI=1S/C20H16F2N4/c21-19-7-3-1-5-15(19)11-25-13-17(9-23-25)18-10-24-26(14-18)12-16-6-2-4-8-20(16)22/h1-10,13-14H,11-12H2. The summed E-state index contributed by atoms with van der Waals surface area (Å²) < 4.78 is 30.9. The van der Waals surface area contributed by atoms with Crippen molar-refractivity contribution in [2.75, 3.05) is 0 Å². The highest BCUT2D eigenvalue weighted by atomic mass is 19.1. The largest absolute Gasteiger partial charge is 0.268 e. The van der Waals surface area contributed by atoms with E-state index in [2.05, 4.69) is 10.2 Å². The summed E-state index contributed by atoms with van der Waals surface area (Å²) in [7, 11) is 0. The Morgan fingerprint density at radius 1 is 0.654 bits per heavy atom. The predicted molar refractivity (Wildman–Crippen MR) is 94.5 cm³/mol. The first-order chi connectivity index (χ1) is 12.7. The van der Waals surface area contributed by atoms with Crippen molar-refractivity contribution in [2.24, 2.45) is 0 Å². The topological polar surface area (TPSA) is 35.6 Å². The molecule has 2 heterocycles. The third-order valence-corrected chi connectivity index (χ3v) is 4.18. The van der Waals surface area contributed by atoms with E-state index in [1.807, 2.05) is 12.4 Å². The molecule has 26 heavy (non-hydrogen) atoms. The molecule has 0 saturated heterocycles. The van der Waals surface area contributed by atoms with Crippen LogP contribution in [0.2, 0.25) is 0 Å². The van der Waals surface area contributed by atoms with Crippen LogP contribution < -0.4 is 0 Å². The first-order valence-corrected chi connectivity index (χ1v) is 8.21. The minimum atomic E-state index is -0.248. The lowest BCUT2D eigenvalue weighted by molar-refractivity contribution is 0.585. The van der Waals surface area contributed by atoms with E-state index >= 15 is 0 Å². The molecule has 0 bridgehead atoms. The molecule has 0 fully saturated rings. The van der Waals surface area contributed by atoms with Gasteiger partial charge in [0.05, 0.1) is 25.5 Å². The lowest BCUT2D eigenvalue weighted by Gasteiger charge is -2.03. The first kappa shape index (κ1) is 16.2. The van der Waals surface area contributed by atoms with Crippen molar-refractivity contribution >= 4 is 0 Å².